The molecule has 1 saturated heterocycles. The SMILES string of the molecule is Cn1ccnc1C(O)C1CCCN(c2ncnc3cc(Cl)ccc23)C1. The molecule has 0 aliphatic carbocycles. The van der Waals surface area contributed by atoms with Crippen molar-refractivity contribution in [1.82, 2.24) is 19.5 Å². The van der Waals surface area contributed by atoms with E-state index in [-0.39, 0.29) is 5.92 Å². The van der Waals surface area contributed by atoms with E-state index in [9.17, 15) is 5.11 Å². The van der Waals surface area contributed by atoms with E-state index in [1.165, 1.54) is 0 Å². The van der Waals surface area contributed by atoms with Gasteiger partial charge in [0.05, 0.1) is 5.52 Å². The van der Waals surface area contributed by atoms with Crippen LogP contribution in [0.3, 0.4) is 0 Å². The Balaban J connectivity index is 1.63. The molecule has 3 aromatic rings. The lowest BCUT2D eigenvalue weighted by atomic mass is 9.91. The van der Waals surface area contributed by atoms with Crippen LogP contribution in [0.25, 0.3) is 10.9 Å². The Labute approximate surface area is 151 Å². The Morgan fingerprint density at radius 3 is 2.96 bits per heavy atom. The van der Waals surface area contributed by atoms with Crippen molar-refractivity contribution in [2.75, 3.05) is 18.0 Å². The minimum atomic E-state index is -0.578. The molecule has 1 aromatic carbocycles. The number of piperidine rings is 1. The minimum absolute atomic E-state index is 0.118. The number of aryl methyl sites for hydroxylation is 1. The molecule has 0 amide bonds. The lowest BCUT2D eigenvalue weighted by Crippen LogP contribution is -2.39. The largest absolute Gasteiger partial charge is 0.385 e. The highest BCUT2D eigenvalue weighted by molar-refractivity contribution is 6.31. The molecular formula is C18H20ClN5O. The first-order chi connectivity index (χ1) is 12.1. The summed E-state index contributed by atoms with van der Waals surface area (Å²) >= 11 is 6.08. The third-order valence-electron chi connectivity index (χ3n) is 4.90. The van der Waals surface area contributed by atoms with Crippen LogP contribution in [0.1, 0.15) is 24.8 Å². The topological polar surface area (TPSA) is 67.1 Å². The Bertz CT molecular complexity index is 896. The van der Waals surface area contributed by atoms with Crippen molar-refractivity contribution < 1.29 is 5.11 Å². The number of halogens is 1. The quantitative estimate of drug-likeness (QED) is 0.780. The molecule has 2 unspecified atom stereocenters. The molecule has 1 N–H and O–H groups in total. The summed E-state index contributed by atoms with van der Waals surface area (Å²) in [6.45, 7) is 1.65. The number of anilines is 1. The van der Waals surface area contributed by atoms with Gasteiger partial charge in [0.25, 0.3) is 0 Å². The van der Waals surface area contributed by atoms with E-state index in [0.717, 1.165) is 42.7 Å². The van der Waals surface area contributed by atoms with Crippen molar-refractivity contribution in [3.63, 3.8) is 0 Å². The van der Waals surface area contributed by atoms with Crippen LogP contribution < -0.4 is 4.90 Å². The standard InChI is InChI=1S/C18H20ClN5O/c1-23-8-6-20-18(23)16(25)12-3-2-7-24(10-12)17-14-5-4-13(19)9-15(14)21-11-22-17/h4-6,8-9,11-12,16,25H,2-3,7,10H2,1H3. The summed E-state index contributed by atoms with van der Waals surface area (Å²) in [6, 6.07) is 5.68. The fourth-order valence-electron chi connectivity index (χ4n) is 3.60. The van der Waals surface area contributed by atoms with Crippen LogP contribution in [0.5, 0.6) is 0 Å². The van der Waals surface area contributed by atoms with E-state index in [4.69, 9.17) is 11.6 Å². The number of rotatable bonds is 3. The molecule has 4 rings (SSSR count). The summed E-state index contributed by atoms with van der Waals surface area (Å²) in [4.78, 5) is 15.4. The second-order valence-electron chi connectivity index (χ2n) is 6.55. The Morgan fingerprint density at radius 1 is 1.28 bits per heavy atom. The van der Waals surface area contributed by atoms with Crippen molar-refractivity contribution in [2.24, 2.45) is 13.0 Å². The van der Waals surface area contributed by atoms with E-state index in [1.807, 2.05) is 36.0 Å². The number of hydrogen-bond acceptors (Lipinski definition) is 5. The van der Waals surface area contributed by atoms with Gasteiger partial charge >= 0.3 is 0 Å². The average Bonchev–Trinajstić information content (AvgIpc) is 3.06. The number of nitrogens with zero attached hydrogens (tertiary/aromatic N) is 5. The average molecular weight is 358 g/mol. The number of hydrogen-bond donors (Lipinski definition) is 1. The van der Waals surface area contributed by atoms with Crippen LogP contribution in [0.15, 0.2) is 36.9 Å². The van der Waals surface area contributed by atoms with Gasteiger partial charge in [0.2, 0.25) is 0 Å². The zero-order valence-corrected chi connectivity index (χ0v) is 14.8. The maximum Gasteiger partial charge on any atom is 0.139 e. The predicted molar refractivity (Wildman–Crippen MR) is 97.7 cm³/mol. The summed E-state index contributed by atoms with van der Waals surface area (Å²) in [5.41, 5.74) is 0.837. The van der Waals surface area contributed by atoms with Crippen LogP contribution in [-0.4, -0.2) is 37.7 Å². The molecular weight excluding hydrogens is 338 g/mol. The number of imidazole rings is 1. The molecule has 2 atom stereocenters. The third-order valence-corrected chi connectivity index (χ3v) is 5.14. The van der Waals surface area contributed by atoms with Crippen LogP contribution in [0, 0.1) is 5.92 Å². The number of aliphatic hydroxyl groups excluding tert-OH is 1. The zero-order valence-electron chi connectivity index (χ0n) is 14.0. The molecule has 1 fully saturated rings. The summed E-state index contributed by atoms with van der Waals surface area (Å²) in [5.74, 6) is 1.73. The first kappa shape index (κ1) is 16.3. The van der Waals surface area contributed by atoms with Crippen molar-refractivity contribution in [1.29, 1.82) is 0 Å². The lowest BCUT2D eigenvalue weighted by Gasteiger charge is -2.36. The third kappa shape index (κ3) is 3.07. The normalized spacial score (nSPS) is 19.3. The molecule has 0 spiro atoms. The summed E-state index contributed by atoms with van der Waals surface area (Å²) < 4.78 is 1.88. The second-order valence-corrected chi connectivity index (χ2v) is 6.98. The lowest BCUT2D eigenvalue weighted by molar-refractivity contribution is 0.0874. The van der Waals surface area contributed by atoms with Crippen LogP contribution in [0.2, 0.25) is 5.02 Å². The van der Waals surface area contributed by atoms with Gasteiger partial charge < -0.3 is 14.6 Å². The summed E-state index contributed by atoms with van der Waals surface area (Å²) in [7, 11) is 1.91. The predicted octanol–water partition coefficient (Wildman–Crippen LogP) is 2.97. The Morgan fingerprint density at radius 2 is 2.16 bits per heavy atom. The molecule has 6 nitrogen and oxygen atoms in total. The Hall–Kier alpha value is -2.18. The molecule has 25 heavy (non-hydrogen) atoms. The highest BCUT2D eigenvalue weighted by atomic mass is 35.5. The van der Waals surface area contributed by atoms with Crippen molar-refractivity contribution >= 4 is 28.3 Å². The second kappa shape index (κ2) is 6.61. The first-order valence-electron chi connectivity index (χ1n) is 8.44. The maximum atomic E-state index is 10.8. The van der Waals surface area contributed by atoms with Crippen molar-refractivity contribution in [2.45, 2.75) is 18.9 Å². The van der Waals surface area contributed by atoms with Crippen molar-refractivity contribution in [3.8, 4) is 0 Å². The van der Waals surface area contributed by atoms with E-state index in [0.29, 0.717) is 10.8 Å². The van der Waals surface area contributed by atoms with Crippen LogP contribution in [0.4, 0.5) is 5.82 Å². The highest BCUT2D eigenvalue weighted by Crippen LogP contribution is 2.33. The van der Waals surface area contributed by atoms with E-state index < -0.39 is 6.10 Å². The van der Waals surface area contributed by atoms with Gasteiger partial charge in [-0.05, 0) is 31.0 Å². The van der Waals surface area contributed by atoms with Gasteiger partial charge in [-0.15, -0.1) is 0 Å². The maximum absolute atomic E-state index is 10.8. The van der Waals surface area contributed by atoms with Gasteiger partial charge in [-0.25, -0.2) is 15.0 Å². The summed E-state index contributed by atoms with van der Waals surface area (Å²) in [6.07, 6.45) is 6.56. The van der Waals surface area contributed by atoms with E-state index >= 15 is 0 Å². The van der Waals surface area contributed by atoms with Crippen LogP contribution >= 0.6 is 11.6 Å². The molecule has 0 bridgehead atoms. The van der Waals surface area contributed by atoms with Gasteiger partial charge in [-0.3, -0.25) is 0 Å². The van der Waals surface area contributed by atoms with E-state index in [2.05, 4.69) is 19.9 Å². The molecule has 1 aliphatic rings. The van der Waals surface area contributed by atoms with Crippen molar-refractivity contribution in [3.05, 3.63) is 47.8 Å². The van der Waals surface area contributed by atoms with Gasteiger partial charge in [0.1, 0.15) is 24.1 Å². The molecule has 130 valence electrons. The Kier molecular flexibility index (Phi) is 4.31. The highest BCUT2D eigenvalue weighted by Gasteiger charge is 2.30. The fourth-order valence-corrected chi connectivity index (χ4v) is 3.77. The molecule has 1 aliphatic heterocycles. The van der Waals surface area contributed by atoms with Crippen LogP contribution in [-0.2, 0) is 7.05 Å². The number of benzene rings is 1. The zero-order chi connectivity index (χ0) is 17.4. The molecule has 2 aromatic heterocycles. The summed E-state index contributed by atoms with van der Waals surface area (Å²) in [5, 5.41) is 12.4. The first-order valence-corrected chi connectivity index (χ1v) is 8.82. The number of fused-ring (bicyclic) bond motifs is 1. The fraction of sp³-hybridized carbons (Fsp3) is 0.389. The monoisotopic (exact) mass is 357 g/mol. The minimum Gasteiger partial charge on any atom is -0.385 e. The van der Waals surface area contributed by atoms with Gasteiger partial charge in [0, 0.05) is 48.9 Å². The molecule has 0 saturated carbocycles. The smallest absolute Gasteiger partial charge is 0.139 e. The molecule has 0 radical (unpaired) electrons. The molecule has 3 heterocycles. The number of aromatic nitrogens is 4. The van der Waals surface area contributed by atoms with Gasteiger partial charge in [-0.1, -0.05) is 11.6 Å². The van der Waals surface area contributed by atoms with Gasteiger partial charge in [0.15, 0.2) is 0 Å². The van der Waals surface area contributed by atoms with Gasteiger partial charge in [-0.2, -0.15) is 0 Å². The molecule has 7 heteroatoms. The van der Waals surface area contributed by atoms with E-state index in [1.54, 1.807) is 12.5 Å². The number of aliphatic hydroxyl groups is 1.